The number of aromatic amines is 1. The largest absolute Gasteiger partial charge is 0.507 e. The second-order valence-corrected chi connectivity index (χ2v) is 6.67. The molecule has 2 aromatic heterocycles. The molecule has 2 heterocycles. The average Bonchev–Trinajstić information content (AvgIpc) is 3.40. The molecule has 0 aliphatic carbocycles. The Labute approximate surface area is 175 Å². The normalized spacial score (nSPS) is 11.6. The lowest BCUT2D eigenvalue weighted by molar-refractivity contribution is 0.0696. The number of carboxylic acid groups (broad SMARTS) is 1. The number of rotatable bonds is 7. The van der Waals surface area contributed by atoms with Crippen LogP contribution in [-0.4, -0.2) is 54.3 Å². The Morgan fingerprint density at radius 3 is 2.65 bits per heavy atom. The highest BCUT2D eigenvalue weighted by Gasteiger charge is 2.17. The first kappa shape index (κ1) is 19.8. The van der Waals surface area contributed by atoms with Crippen LogP contribution in [0.5, 0.6) is 5.75 Å². The number of benzene rings is 2. The van der Waals surface area contributed by atoms with Gasteiger partial charge in [0, 0.05) is 28.7 Å². The predicted molar refractivity (Wildman–Crippen MR) is 110 cm³/mol. The van der Waals surface area contributed by atoms with Crippen LogP contribution in [0.4, 0.5) is 0 Å². The summed E-state index contributed by atoms with van der Waals surface area (Å²) in [5, 5.41) is 31.4. The Morgan fingerprint density at radius 1 is 1.16 bits per heavy atom. The summed E-state index contributed by atoms with van der Waals surface area (Å²) in [6, 6.07) is 11.7. The van der Waals surface area contributed by atoms with Gasteiger partial charge < -0.3 is 19.9 Å². The fraction of sp³-hybridized carbons (Fsp3) is 0.0952. The molecule has 0 atom stereocenters. The summed E-state index contributed by atoms with van der Waals surface area (Å²) in [6.45, 7) is 0.252. The van der Waals surface area contributed by atoms with Crippen LogP contribution in [0.1, 0.15) is 32.1 Å². The van der Waals surface area contributed by atoms with Crippen LogP contribution in [0.2, 0.25) is 0 Å². The number of aromatic nitrogens is 5. The van der Waals surface area contributed by atoms with Crippen molar-refractivity contribution in [3.63, 3.8) is 0 Å². The number of aliphatic hydroxyl groups excluding tert-OH is 1. The number of fused-ring (bicyclic) bond motifs is 1. The molecule has 0 fully saturated rings. The highest BCUT2D eigenvalue weighted by Crippen LogP contribution is 2.25. The molecule has 4 rings (SSSR count). The monoisotopic (exact) mass is 419 g/mol. The molecule has 3 N–H and O–H groups in total. The minimum absolute atomic E-state index is 0.0477. The van der Waals surface area contributed by atoms with E-state index < -0.39 is 11.8 Å². The van der Waals surface area contributed by atoms with Gasteiger partial charge in [-0.2, -0.15) is 0 Å². The fourth-order valence-corrected chi connectivity index (χ4v) is 3.12. The number of carbonyl (C=O) groups excluding carboxylic acids is 1. The number of carbonyl (C=O) groups is 2. The SMILES string of the molecule is COc1ccc(Cn2nnnc2C(=O)/C=C(\O)c2c[nH]c3ccc(C(=O)O)cc23)cc1. The van der Waals surface area contributed by atoms with E-state index in [9.17, 15) is 19.8 Å². The van der Waals surface area contributed by atoms with Gasteiger partial charge in [0.15, 0.2) is 0 Å². The highest BCUT2D eigenvalue weighted by molar-refractivity contribution is 6.07. The number of allylic oxidation sites excluding steroid dienone is 1. The van der Waals surface area contributed by atoms with Crippen molar-refractivity contribution in [1.82, 2.24) is 25.2 Å². The van der Waals surface area contributed by atoms with E-state index in [2.05, 4.69) is 20.5 Å². The lowest BCUT2D eigenvalue weighted by atomic mass is 10.1. The van der Waals surface area contributed by atoms with E-state index in [0.717, 1.165) is 11.6 Å². The Balaban J connectivity index is 1.61. The summed E-state index contributed by atoms with van der Waals surface area (Å²) in [5.41, 5.74) is 1.83. The van der Waals surface area contributed by atoms with Gasteiger partial charge in [-0.15, -0.1) is 5.10 Å². The maximum absolute atomic E-state index is 12.7. The van der Waals surface area contributed by atoms with Crippen molar-refractivity contribution in [2.75, 3.05) is 7.11 Å². The van der Waals surface area contributed by atoms with Gasteiger partial charge in [0.25, 0.3) is 0 Å². The van der Waals surface area contributed by atoms with Crippen LogP contribution in [0, 0.1) is 0 Å². The van der Waals surface area contributed by atoms with Gasteiger partial charge >= 0.3 is 5.97 Å². The van der Waals surface area contributed by atoms with Crippen LogP contribution < -0.4 is 4.74 Å². The maximum Gasteiger partial charge on any atom is 0.335 e. The van der Waals surface area contributed by atoms with Gasteiger partial charge in [0.2, 0.25) is 11.6 Å². The van der Waals surface area contributed by atoms with Crippen molar-refractivity contribution in [3.8, 4) is 5.75 Å². The predicted octanol–water partition coefficient (Wildman–Crippen LogP) is 2.69. The summed E-state index contributed by atoms with van der Waals surface area (Å²) in [5.74, 6) is -1.37. The molecule has 156 valence electrons. The Hall–Kier alpha value is -4.47. The Morgan fingerprint density at radius 2 is 1.94 bits per heavy atom. The molecule has 31 heavy (non-hydrogen) atoms. The van der Waals surface area contributed by atoms with Gasteiger partial charge in [-0.25, -0.2) is 9.48 Å². The first-order chi connectivity index (χ1) is 15.0. The summed E-state index contributed by atoms with van der Waals surface area (Å²) in [6.07, 6.45) is 2.50. The van der Waals surface area contributed by atoms with E-state index in [0.29, 0.717) is 22.2 Å². The van der Waals surface area contributed by atoms with E-state index in [4.69, 9.17) is 4.74 Å². The number of nitrogens with zero attached hydrogens (tertiary/aromatic N) is 4. The van der Waals surface area contributed by atoms with E-state index in [1.54, 1.807) is 25.3 Å². The van der Waals surface area contributed by atoms with E-state index in [1.165, 1.54) is 23.0 Å². The fourth-order valence-electron chi connectivity index (χ4n) is 3.12. The second-order valence-electron chi connectivity index (χ2n) is 6.67. The van der Waals surface area contributed by atoms with Gasteiger partial charge in [-0.05, 0) is 46.3 Å². The van der Waals surface area contributed by atoms with Gasteiger partial charge in [-0.1, -0.05) is 12.1 Å². The molecular formula is C21H17N5O5. The molecule has 2 aromatic carbocycles. The number of tetrazole rings is 1. The number of ether oxygens (including phenoxy) is 1. The topological polar surface area (TPSA) is 143 Å². The molecule has 0 radical (unpaired) electrons. The maximum atomic E-state index is 12.7. The number of aromatic carboxylic acids is 1. The number of carboxylic acids is 1. The Bertz CT molecular complexity index is 1300. The molecule has 10 heteroatoms. The average molecular weight is 419 g/mol. The van der Waals surface area contributed by atoms with E-state index in [-0.39, 0.29) is 23.7 Å². The quantitative estimate of drug-likeness (QED) is 0.236. The molecule has 0 spiro atoms. The zero-order valence-corrected chi connectivity index (χ0v) is 16.3. The number of hydrogen-bond donors (Lipinski definition) is 3. The third-order valence-electron chi connectivity index (χ3n) is 4.72. The van der Waals surface area contributed by atoms with Crippen molar-refractivity contribution in [3.05, 3.63) is 77.3 Å². The number of aliphatic hydroxyl groups is 1. The summed E-state index contributed by atoms with van der Waals surface area (Å²) < 4.78 is 6.45. The number of methoxy groups -OCH3 is 1. The van der Waals surface area contributed by atoms with Crippen LogP contribution in [0.3, 0.4) is 0 Å². The van der Waals surface area contributed by atoms with E-state index >= 15 is 0 Å². The molecule has 0 saturated carbocycles. The molecule has 0 aliphatic heterocycles. The smallest absolute Gasteiger partial charge is 0.335 e. The van der Waals surface area contributed by atoms with Gasteiger partial charge in [0.05, 0.1) is 19.2 Å². The molecule has 10 nitrogen and oxygen atoms in total. The number of hydrogen-bond acceptors (Lipinski definition) is 7. The van der Waals surface area contributed by atoms with Crippen molar-refractivity contribution >= 4 is 28.4 Å². The zero-order chi connectivity index (χ0) is 22.0. The van der Waals surface area contributed by atoms with E-state index in [1.807, 2.05) is 12.1 Å². The zero-order valence-electron chi connectivity index (χ0n) is 16.3. The number of nitrogens with one attached hydrogen (secondary N) is 1. The number of ketones is 1. The summed E-state index contributed by atoms with van der Waals surface area (Å²) >= 11 is 0. The standard InChI is InChI=1S/C21H17N5O5/c1-31-14-5-2-12(3-6-14)11-26-20(23-24-25-26)19(28)9-18(27)16-10-22-17-7-4-13(21(29)30)8-15(16)17/h2-10,22,27H,11H2,1H3,(H,29,30)/b18-9-. The molecule has 0 saturated heterocycles. The summed E-state index contributed by atoms with van der Waals surface area (Å²) in [4.78, 5) is 26.9. The lowest BCUT2D eigenvalue weighted by Gasteiger charge is -2.05. The third-order valence-corrected chi connectivity index (χ3v) is 4.72. The van der Waals surface area contributed by atoms with Crippen molar-refractivity contribution in [1.29, 1.82) is 0 Å². The van der Waals surface area contributed by atoms with Gasteiger partial charge in [0.1, 0.15) is 11.5 Å². The highest BCUT2D eigenvalue weighted by atomic mass is 16.5. The minimum Gasteiger partial charge on any atom is -0.507 e. The van der Waals surface area contributed by atoms with Crippen LogP contribution in [0.15, 0.2) is 54.7 Å². The van der Waals surface area contributed by atoms with Crippen LogP contribution in [0.25, 0.3) is 16.7 Å². The van der Waals surface area contributed by atoms with Gasteiger partial charge in [-0.3, -0.25) is 4.79 Å². The second kappa shape index (κ2) is 8.11. The lowest BCUT2D eigenvalue weighted by Crippen LogP contribution is -2.11. The summed E-state index contributed by atoms with van der Waals surface area (Å²) in [7, 11) is 1.57. The molecule has 0 aliphatic rings. The molecule has 0 bridgehead atoms. The minimum atomic E-state index is -1.09. The first-order valence-electron chi connectivity index (χ1n) is 9.15. The molecule has 4 aromatic rings. The van der Waals surface area contributed by atoms with Crippen molar-refractivity contribution in [2.45, 2.75) is 6.54 Å². The van der Waals surface area contributed by atoms with Crippen LogP contribution in [-0.2, 0) is 6.54 Å². The molecule has 0 unspecified atom stereocenters. The molecule has 0 amide bonds. The Kier molecular flexibility index (Phi) is 5.19. The third kappa shape index (κ3) is 3.99. The number of H-pyrrole nitrogens is 1. The first-order valence-corrected chi connectivity index (χ1v) is 9.15. The van der Waals surface area contributed by atoms with Crippen LogP contribution >= 0.6 is 0 Å². The molecular weight excluding hydrogens is 402 g/mol. The van der Waals surface area contributed by atoms with Crippen molar-refractivity contribution < 1.29 is 24.5 Å². The van der Waals surface area contributed by atoms with Crippen molar-refractivity contribution in [2.24, 2.45) is 0 Å².